The van der Waals surface area contributed by atoms with Gasteiger partial charge >= 0.3 is 0 Å². The number of hydrogen-bond acceptors (Lipinski definition) is 3. The lowest BCUT2D eigenvalue weighted by molar-refractivity contribution is 0.199. The molecule has 1 heterocycles. The van der Waals surface area contributed by atoms with Gasteiger partial charge in [-0.1, -0.05) is 37.1 Å². The van der Waals surface area contributed by atoms with Crippen LogP contribution in [0.4, 0.5) is 0 Å². The molecule has 0 saturated carbocycles. The van der Waals surface area contributed by atoms with Crippen LogP contribution in [0, 0.1) is 0 Å². The van der Waals surface area contributed by atoms with Crippen molar-refractivity contribution in [3.63, 3.8) is 0 Å². The highest BCUT2D eigenvalue weighted by Gasteiger charge is 2.12. The Morgan fingerprint density at radius 3 is 2.26 bits per heavy atom. The first-order valence-electron chi connectivity index (χ1n) is 10.1. The molecule has 1 aliphatic heterocycles. The number of likely N-dealkylation sites (tertiary alicyclic amines) is 1. The van der Waals surface area contributed by atoms with Crippen LogP contribution >= 0.6 is 11.6 Å². The van der Waals surface area contributed by atoms with E-state index in [2.05, 4.69) is 11.8 Å². The quantitative estimate of drug-likeness (QED) is 0.483. The molecule has 1 fully saturated rings. The van der Waals surface area contributed by atoms with E-state index in [0.717, 1.165) is 48.1 Å². The van der Waals surface area contributed by atoms with E-state index >= 15 is 0 Å². The van der Waals surface area contributed by atoms with Gasteiger partial charge in [0.1, 0.15) is 17.6 Å². The highest BCUT2D eigenvalue weighted by Crippen LogP contribution is 2.27. The third-order valence-electron chi connectivity index (χ3n) is 5.05. The molecule has 146 valence electrons. The Labute approximate surface area is 168 Å². The van der Waals surface area contributed by atoms with Crippen molar-refractivity contribution in [3.8, 4) is 11.5 Å². The van der Waals surface area contributed by atoms with Gasteiger partial charge in [-0.15, -0.1) is 0 Å². The van der Waals surface area contributed by atoms with Crippen molar-refractivity contribution in [3.05, 3.63) is 59.1 Å². The SMILES string of the molecule is CCC(Oc1ccc(OCCCN2CCCCC2)cc1)c1ccc(Cl)cc1. The molecule has 3 nitrogen and oxygen atoms in total. The Bertz CT molecular complexity index is 666. The Balaban J connectivity index is 1.44. The molecule has 0 bridgehead atoms. The summed E-state index contributed by atoms with van der Waals surface area (Å²) in [5, 5.41) is 0.746. The van der Waals surface area contributed by atoms with Crippen LogP contribution in [-0.2, 0) is 0 Å². The minimum Gasteiger partial charge on any atom is -0.494 e. The fourth-order valence-corrected chi connectivity index (χ4v) is 3.63. The van der Waals surface area contributed by atoms with Gasteiger partial charge < -0.3 is 14.4 Å². The fourth-order valence-electron chi connectivity index (χ4n) is 3.50. The van der Waals surface area contributed by atoms with Gasteiger partial charge in [0.05, 0.1) is 6.61 Å². The summed E-state index contributed by atoms with van der Waals surface area (Å²) in [6.45, 7) is 6.52. The molecule has 1 aliphatic rings. The molecule has 1 unspecified atom stereocenters. The topological polar surface area (TPSA) is 21.7 Å². The van der Waals surface area contributed by atoms with E-state index in [-0.39, 0.29) is 6.10 Å². The van der Waals surface area contributed by atoms with Gasteiger partial charge in [0.2, 0.25) is 0 Å². The molecule has 27 heavy (non-hydrogen) atoms. The molecule has 0 N–H and O–H groups in total. The van der Waals surface area contributed by atoms with Gasteiger partial charge in [-0.05, 0) is 80.7 Å². The maximum atomic E-state index is 6.14. The van der Waals surface area contributed by atoms with Crippen molar-refractivity contribution >= 4 is 11.6 Å². The number of benzene rings is 2. The zero-order valence-corrected chi connectivity index (χ0v) is 17.0. The molecular formula is C23H30ClNO2. The van der Waals surface area contributed by atoms with Crippen LogP contribution in [-0.4, -0.2) is 31.1 Å². The van der Waals surface area contributed by atoms with Crippen molar-refractivity contribution in [2.24, 2.45) is 0 Å². The number of rotatable bonds is 9. The van der Waals surface area contributed by atoms with E-state index in [4.69, 9.17) is 21.1 Å². The number of piperidine rings is 1. The van der Waals surface area contributed by atoms with Crippen molar-refractivity contribution in [2.75, 3.05) is 26.2 Å². The average Bonchev–Trinajstić information content (AvgIpc) is 2.72. The van der Waals surface area contributed by atoms with Gasteiger partial charge in [-0.2, -0.15) is 0 Å². The van der Waals surface area contributed by atoms with Crippen LogP contribution in [0.2, 0.25) is 5.02 Å². The molecule has 0 radical (unpaired) electrons. The summed E-state index contributed by atoms with van der Waals surface area (Å²) in [4.78, 5) is 2.55. The first kappa shape index (κ1) is 20.0. The maximum Gasteiger partial charge on any atom is 0.123 e. The monoisotopic (exact) mass is 387 g/mol. The second-order valence-electron chi connectivity index (χ2n) is 7.14. The van der Waals surface area contributed by atoms with Gasteiger partial charge in [0.15, 0.2) is 0 Å². The normalized spacial score (nSPS) is 16.1. The van der Waals surface area contributed by atoms with Crippen LogP contribution in [0.15, 0.2) is 48.5 Å². The van der Waals surface area contributed by atoms with Crippen molar-refractivity contribution in [1.82, 2.24) is 4.90 Å². The molecule has 1 saturated heterocycles. The number of halogens is 1. The first-order valence-corrected chi connectivity index (χ1v) is 10.5. The highest BCUT2D eigenvalue weighted by atomic mass is 35.5. The minimum absolute atomic E-state index is 0.0265. The fraction of sp³-hybridized carbons (Fsp3) is 0.478. The summed E-state index contributed by atoms with van der Waals surface area (Å²) in [6.07, 6.45) is 6.08. The Hall–Kier alpha value is -1.71. The predicted molar refractivity (Wildman–Crippen MR) is 112 cm³/mol. The summed E-state index contributed by atoms with van der Waals surface area (Å²) in [6, 6.07) is 15.8. The summed E-state index contributed by atoms with van der Waals surface area (Å²) < 4.78 is 12.0. The number of hydrogen-bond donors (Lipinski definition) is 0. The summed E-state index contributed by atoms with van der Waals surface area (Å²) in [5.41, 5.74) is 1.14. The molecule has 0 aliphatic carbocycles. The lowest BCUT2D eigenvalue weighted by atomic mass is 10.1. The van der Waals surface area contributed by atoms with Crippen LogP contribution < -0.4 is 9.47 Å². The molecule has 0 aromatic heterocycles. The second-order valence-corrected chi connectivity index (χ2v) is 7.58. The van der Waals surface area contributed by atoms with Crippen LogP contribution in [0.5, 0.6) is 11.5 Å². The standard InChI is InChI=1S/C23H30ClNO2/c1-2-23(19-7-9-20(24)10-8-19)27-22-13-11-21(12-14-22)26-18-6-17-25-15-4-3-5-16-25/h7-14,23H,2-6,15-18H2,1H3. The lowest BCUT2D eigenvalue weighted by Gasteiger charge is -2.26. The zero-order valence-electron chi connectivity index (χ0n) is 16.2. The van der Waals surface area contributed by atoms with E-state index in [1.165, 1.54) is 32.4 Å². The molecule has 2 aromatic carbocycles. The number of ether oxygens (including phenoxy) is 2. The number of nitrogens with zero attached hydrogens (tertiary/aromatic N) is 1. The molecule has 0 spiro atoms. The van der Waals surface area contributed by atoms with Crippen molar-refractivity contribution < 1.29 is 9.47 Å². The minimum atomic E-state index is 0.0265. The average molecular weight is 388 g/mol. The summed E-state index contributed by atoms with van der Waals surface area (Å²) >= 11 is 5.98. The van der Waals surface area contributed by atoms with Gasteiger partial charge in [-0.3, -0.25) is 0 Å². The molecular weight excluding hydrogens is 358 g/mol. The van der Waals surface area contributed by atoms with Gasteiger partial charge in [-0.25, -0.2) is 0 Å². The van der Waals surface area contributed by atoms with E-state index < -0.39 is 0 Å². The van der Waals surface area contributed by atoms with Crippen LogP contribution in [0.1, 0.15) is 50.7 Å². The van der Waals surface area contributed by atoms with Crippen molar-refractivity contribution in [1.29, 1.82) is 0 Å². The third-order valence-corrected chi connectivity index (χ3v) is 5.30. The van der Waals surface area contributed by atoms with Gasteiger partial charge in [0.25, 0.3) is 0 Å². The van der Waals surface area contributed by atoms with Crippen molar-refractivity contribution in [2.45, 2.75) is 45.1 Å². The Morgan fingerprint density at radius 1 is 0.926 bits per heavy atom. The van der Waals surface area contributed by atoms with Crippen LogP contribution in [0.3, 0.4) is 0 Å². The smallest absolute Gasteiger partial charge is 0.123 e. The van der Waals surface area contributed by atoms with E-state index in [1.54, 1.807) is 0 Å². The molecule has 1 atom stereocenters. The summed E-state index contributed by atoms with van der Waals surface area (Å²) in [7, 11) is 0. The zero-order chi connectivity index (χ0) is 18.9. The summed E-state index contributed by atoms with van der Waals surface area (Å²) in [5.74, 6) is 1.76. The lowest BCUT2D eigenvalue weighted by Crippen LogP contribution is -2.31. The predicted octanol–water partition coefficient (Wildman–Crippen LogP) is 6.12. The van der Waals surface area contributed by atoms with E-state index in [9.17, 15) is 0 Å². The highest BCUT2D eigenvalue weighted by molar-refractivity contribution is 6.30. The molecule has 3 rings (SSSR count). The largest absolute Gasteiger partial charge is 0.494 e. The second kappa shape index (κ2) is 10.6. The first-order chi connectivity index (χ1) is 13.2. The molecule has 2 aromatic rings. The van der Waals surface area contributed by atoms with E-state index in [0.29, 0.717) is 0 Å². The van der Waals surface area contributed by atoms with Crippen LogP contribution in [0.25, 0.3) is 0 Å². The maximum absolute atomic E-state index is 6.14. The Kier molecular flexibility index (Phi) is 7.85. The third kappa shape index (κ3) is 6.44. The molecule has 0 amide bonds. The Morgan fingerprint density at radius 2 is 1.59 bits per heavy atom. The molecule has 4 heteroatoms. The van der Waals surface area contributed by atoms with Gasteiger partial charge in [0, 0.05) is 11.6 Å². The van der Waals surface area contributed by atoms with E-state index in [1.807, 2.05) is 48.5 Å².